The number of carboxylic acids is 1. The molecule has 0 unspecified atom stereocenters. The number of aliphatic carboxylic acids is 1. The van der Waals surface area contributed by atoms with E-state index in [1.54, 1.807) is 27.7 Å². The molecule has 0 bridgehead atoms. The summed E-state index contributed by atoms with van der Waals surface area (Å²) in [4.78, 5) is 43.5. The molecule has 1 atom stereocenters. The molecule has 2 N–H and O–H groups in total. The summed E-state index contributed by atoms with van der Waals surface area (Å²) in [6.45, 7) is 9.96. The summed E-state index contributed by atoms with van der Waals surface area (Å²) in [5.41, 5.74) is -7.29. The number of ether oxygens (including phenoxy) is 1. The molecule has 0 aliphatic heterocycles. The van der Waals surface area contributed by atoms with E-state index in [1.807, 2.05) is 0 Å². The Hall–Kier alpha value is -5.13. The summed E-state index contributed by atoms with van der Waals surface area (Å²) >= 11 is 0. The first-order valence-corrected chi connectivity index (χ1v) is 15.2. The van der Waals surface area contributed by atoms with Crippen LogP contribution in [0.5, 0.6) is 0 Å². The second-order valence-corrected chi connectivity index (χ2v) is 13.6. The number of amides is 2. The highest BCUT2D eigenvalue weighted by Crippen LogP contribution is 2.41. The van der Waals surface area contributed by atoms with E-state index in [0.717, 1.165) is 11.0 Å². The summed E-state index contributed by atoms with van der Waals surface area (Å²) in [5.74, 6) is 2.48. The fourth-order valence-corrected chi connectivity index (χ4v) is 4.91. The number of pyridine rings is 1. The lowest BCUT2D eigenvalue weighted by Gasteiger charge is -2.32. The van der Waals surface area contributed by atoms with Crippen molar-refractivity contribution in [3.05, 3.63) is 82.4 Å². The number of aryl methyl sites for hydroxylation is 1. The zero-order valence-electron chi connectivity index (χ0n) is 28.9. The first-order valence-electron chi connectivity index (χ1n) is 15.2. The van der Waals surface area contributed by atoms with Crippen LogP contribution in [-0.4, -0.2) is 46.2 Å². The predicted molar refractivity (Wildman–Crippen MR) is 174 cm³/mol. The lowest BCUT2D eigenvalue weighted by atomic mass is 9.81. The maximum absolute atomic E-state index is 14.1. The molecule has 0 fully saturated rings. The molecule has 1 aromatic heterocycles. The molecule has 1 heterocycles. The molecule has 0 saturated carbocycles. The van der Waals surface area contributed by atoms with Gasteiger partial charge in [-0.2, -0.15) is 26.3 Å². The maximum Gasteiger partial charge on any atom is 0.416 e. The molecule has 0 radical (unpaired) electrons. The Balaban J connectivity index is 2.11. The van der Waals surface area contributed by atoms with Crippen LogP contribution in [0.15, 0.2) is 48.7 Å². The minimum atomic E-state index is -5.14. The van der Waals surface area contributed by atoms with Gasteiger partial charge in [0, 0.05) is 19.0 Å². The van der Waals surface area contributed by atoms with Crippen molar-refractivity contribution >= 4 is 23.7 Å². The highest BCUT2D eigenvalue weighted by Gasteiger charge is 2.41. The molecule has 8 nitrogen and oxygen atoms in total. The van der Waals surface area contributed by atoms with Gasteiger partial charge in [-0.05, 0) is 107 Å². The average Bonchev–Trinajstić information content (AvgIpc) is 2.98. The third-order valence-electron chi connectivity index (χ3n) is 7.78. The predicted octanol–water partition coefficient (Wildman–Crippen LogP) is 8.28. The molecule has 2 amide bonds. The van der Waals surface area contributed by atoms with Crippen LogP contribution in [0.4, 0.5) is 41.2 Å². The van der Waals surface area contributed by atoms with Crippen LogP contribution in [0.3, 0.4) is 0 Å². The minimum absolute atomic E-state index is 0.0283. The van der Waals surface area contributed by atoms with Gasteiger partial charge in [0.1, 0.15) is 22.7 Å². The van der Waals surface area contributed by atoms with Crippen molar-refractivity contribution in [2.75, 3.05) is 11.9 Å². The number of carbonyl (C=O) groups excluding carboxylic acids is 2. The molecule has 3 rings (SSSR count). The summed E-state index contributed by atoms with van der Waals surface area (Å²) in [7, 11) is 1.26. The van der Waals surface area contributed by atoms with Gasteiger partial charge in [0.05, 0.1) is 28.4 Å². The fraction of sp³-hybridized carbons (Fsp3) is 0.389. The standard InChI is InChI=1S/C36H36F7N3O5/c1-20-14-24(37)11-12-26(20)27-18-25(10-9-13-34(7,30(48)49)45-31(50)51-32(2,3)4)44-19-28(27)46(8)29(47)33(5,6)21-15-22(35(38,39)40)17-23(16-21)36(41,42)43/h11-12,14-19H,13H2,1-8H3,(H,45,50)(H,48,49)/t34-/m1/s1. The molecule has 3 aromatic rings. The molecule has 15 heteroatoms. The highest BCUT2D eigenvalue weighted by molar-refractivity contribution is 6.03. The number of halogens is 7. The summed E-state index contributed by atoms with van der Waals surface area (Å²) < 4.78 is 101. The quantitative estimate of drug-likeness (QED) is 0.188. The molecule has 2 aromatic carbocycles. The molecule has 0 saturated heterocycles. The van der Waals surface area contributed by atoms with E-state index < -0.39 is 75.8 Å². The number of nitrogens with zero attached hydrogens (tertiary/aromatic N) is 2. The van der Waals surface area contributed by atoms with Crippen molar-refractivity contribution in [2.24, 2.45) is 0 Å². The third kappa shape index (κ3) is 9.77. The Morgan fingerprint density at radius 2 is 1.41 bits per heavy atom. The van der Waals surface area contributed by atoms with Crippen molar-refractivity contribution in [1.82, 2.24) is 10.3 Å². The van der Waals surface area contributed by atoms with E-state index in [9.17, 15) is 50.2 Å². The number of likely N-dealkylation sites (N-methyl/N-ethyl adjacent to an activating group) is 1. The smallest absolute Gasteiger partial charge is 0.416 e. The van der Waals surface area contributed by atoms with Crippen LogP contribution in [0, 0.1) is 24.6 Å². The first-order chi connectivity index (χ1) is 23.2. The molecule has 274 valence electrons. The van der Waals surface area contributed by atoms with Gasteiger partial charge in [-0.3, -0.25) is 4.79 Å². The first kappa shape index (κ1) is 40.3. The molecule has 0 aliphatic carbocycles. The van der Waals surface area contributed by atoms with E-state index in [-0.39, 0.29) is 23.0 Å². The van der Waals surface area contributed by atoms with Gasteiger partial charge in [-0.25, -0.2) is 19.0 Å². The number of rotatable bonds is 7. The Kier molecular flexibility index (Phi) is 11.3. The number of benzene rings is 2. The average molecular weight is 724 g/mol. The largest absolute Gasteiger partial charge is 0.479 e. The van der Waals surface area contributed by atoms with Crippen molar-refractivity contribution in [1.29, 1.82) is 0 Å². The van der Waals surface area contributed by atoms with Crippen molar-refractivity contribution < 1.29 is 55.0 Å². The van der Waals surface area contributed by atoms with Crippen molar-refractivity contribution in [3.8, 4) is 23.0 Å². The number of hydrogen-bond donors (Lipinski definition) is 2. The van der Waals surface area contributed by atoms with Crippen LogP contribution < -0.4 is 10.2 Å². The Bertz CT molecular complexity index is 1870. The van der Waals surface area contributed by atoms with Crippen molar-refractivity contribution in [2.45, 2.75) is 83.8 Å². The number of carbonyl (C=O) groups is 3. The number of anilines is 1. The van der Waals surface area contributed by atoms with Gasteiger partial charge in [-0.15, -0.1) is 0 Å². The van der Waals surface area contributed by atoms with Gasteiger partial charge >= 0.3 is 24.4 Å². The van der Waals surface area contributed by atoms with Gasteiger partial charge in [0.2, 0.25) is 5.91 Å². The van der Waals surface area contributed by atoms with Crippen LogP contribution in [0.2, 0.25) is 0 Å². The summed E-state index contributed by atoms with van der Waals surface area (Å²) in [5, 5.41) is 12.1. The Labute approximate surface area is 290 Å². The molecule has 0 spiro atoms. The van der Waals surface area contributed by atoms with Gasteiger partial charge < -0.3 is 20.1 Å². The molecule has 0 aliphatic rings. The monoisotopic (exact) mass is 723 g/mol. The second-order valence-electron chi connectivity index (χ2n) is 13.6. The molecule has 51 heavy (non-hydrogen) atoms. The SMILES string of the molecule is Cc1cc(F)ccc1-c1cc(C#CC[C@@](C)(NC(=O)OC(C)(C)C)C(=O)O)ncc1N(C)C(=O)C(C)(C)c1cc(C(F)(F)F)cc(C(F)(F)F)c1. The zero-order valence-corrected chi connectivity index (χ0v) is 28.9. The molecular weight excluding hydrogens is 687 g/mol. The normalized spacial score (nSPS) is 13.4. The van der Waals surface area contributed by atoms with E-state index in [4.69, 9.17) is 4.74 Å². The second kappa shape index (κ2) is 14.2. The van der Waals surface area contributed by atoms with E-state index in [1.165, 1.54) is 52.2 Å². The number of nitrogens with one attached hydrogen (secondary N) is 1. The molecular formula is C36H36F7N3O5. The Morgan fingerprint density at radius 1 is 0.863 bits per heavy atom. The number of carboxylic acid groups (broad SMARTS) is 1. The highest BCUT2D eigenvalue weighted by atomic mass is 19.4. The van der Waals surface area contributed by atoms with Crippen LogP contribution in [-0.2, 0) is 32.1 Å². The van der Waals surface area contributed by atoms with E-state index in [2.05, 4.69) is 22.1 Å². The van der Waals surface area contributed by atoms with Gasteiger partial charge in [-0.1, -0.05) is 12.0 Å². The van der Waals surface area contributed by atoms with Crippen LogP contribution in [0.25, 0.3) is 11.1 Å². The number of hydrogen-bond acceptors (Lipinski definition) is 5. The number of aromatic nitrogens is 1. The minimum Gasteiger partial charge on any atom is -0.479 e. The lowest BCUT2D eigenvalue weighted by molar-refractivity contribution is -0.144. The van der Waals surface area contributed by atoms with Gasteiger partial charge in [0.25, 0.3) is 0 Å². The van der Waals surface area contributed by atoms with Crippen LogP contribution in [0.1, 0.15) is 75.9 Å². The van der Waals surface area contributed by atoms with Crippen molar-refractivity contribution in [3.63, 3.8) is 0 Å². The lowest BCUT2D eigenvalue weighted by Crippen LogP contribution is -2.53. The van der Waals surface area contributed by atoms with Gasteiger partial charge in [0.15, 0.2) is 0 Å². The summed E-state index contributed by atoms with van der Waals surface area (Å²) in [6.07, 6.45) is -10.5. The Morgan fingerprint density at radius 3 is 1.90 bits per heavy atom. The van der Waals surface area contributed by atoms with Crippen LogP contribution >= 0.6 is 0 Å². The summed E-state index contributed by atoms with van der Waals surface area (Å²) in [6, 6.07) is 6.12. The topological polar surface area (TPSA) is 109 Å². The van der Waals surface area contributed by atoms with E-state index in [0.29, 0.717) is 23.3 Å². The zero-order chi connectivity index (χ0) is 38.9. The maximum atomic E-state index is 14.1. The third-order valence-corrected chi connectivity index (χ3v) is 7.78. The van der Waals surface area contributed by atoms with E-state index >= 15 is 0 Å². The number of alkyl halides is 6. The fourth-order valence-electron chi connectivity index (χ4n) is 4.91. The number of alkyl carbamates (subject to hydrolysis) is 1.